The lowest BCUT2D eigenvalue weighted by atomic mass is 9.67. The lowest BCUT2D eigenvalue weighted by molar-refractivity contribution is 0.660. The Balaban J connectivity index is 1.33. The average molecular weight is 849 g/mol. The molecule has 1 heteroatoms. The summed E-state index contributed by atoms with van der Waals surface area (Å²) in [6, 6.07) is -52.3. The first-order valence-corrected chi connectivity index (χ1v) is 18.4. The number of nitrogens with zero attached hydrogens (tertiary/aromatic N) is 1. The molecule has 0 aliphatic heterocycles. The monoisotopic (exact) mass is 849 g/mol. The molecule has 0 bridgehead atoms. The maximum Gasteiger partial charge on any atom is 0.0713 e. The van der Waals surface area contributed by atoms with E-state index in [1.54, 1.807) is 0 Å². The predicted molar refractivity (Wildman–Crippen MR) is 264 cm³/mol. The summed E-state index contributed by atoms with van der Waals surface area (Å²) in [6.45, 7) is -8.24. The summed E-state index contributed by atoms with van der Waals surface area (Å²) in [5.74, 6) is 0. The van der Waals surface area contributed by atoms with Gasteiger partial charge in [0.2, 0.25) is 0 Å². The summed E-state index contributed by atoms with van der Waals surface area (Å²) in [6.07, 6.45) is 0. The van der Waals surface area contributed by atoms with Gasteiger partial charge >= 0.3 is 0 Å². The Bertz CT molecular complexity index is 5710. The molecule has 2 aliphatic carbocycles. The molecule has 63 heavy (non-hydrogen) atoms. The van der Waals surface area contributed by atoms with Crippen LogP contribution in [0.15, 0.2) is 236 Å². The van der Waals surface area contributed by atoms with Crippen molar-refractivity contribution >= 4 is 27.8 Å². The zero-order valence-corrected chi connectivity index (χ0v) is 31.4. The molecule has 1 nitrogen and oxygen atoms in total. The molecule has 0 spiro atoms. The highest BCUT2D eigenvalue weighted by Gasteiger charge is 2.46. The molecule has 10 aromatic rings. The number of benzene rings is 10. The molecule has 0 unspecified atom stereocenters. The van der Waals surface area contributed by atoms with Gasteiger partial charge in [-0.15, -0.1) is 0 Å². The number of anilines is 3. The van der Waals surface area contributed by atoms with Crippen LogP contribution < -0.4 is 4.90 Å². The second-order valence-electron chi connectivity index (χ2n) is 13.8. The van der Waals surface area contributed by atoms with Gasteiger partial charge in [0.15, 0.2) is 0 Å². The Morgan fingerprint density at radius 2 is 0.873 bits per heavy atom. The molecule has 0 aromatic heterocycles. The first-order chi connectivity index (χ1) is 49.7. The third-order valence-corrected chi connectivity index (χ3v) is 10.5. The Morgan fingerprint density at radius 1 is 0.365 bits per heavy atom. The van der Waals surface area contributed by atoms with Gasteiger partial charge in [-0.25, -0.2) is 0 Å². The van der Waals surface area contributed by atoms with Crippen LogP contribution in [0.2, 0.25) is 0 Å². The highest BCUT2D eigenvalue weighted by Crippen LogP contribution is 2.57. The van der Waals surface area contributed by atoms with Crippen LogP contribution >= 0.6 is 0 Å². The zero-order valence-electron chi connectivity index (χ0n) is 76.4. The maximum atomic E-state index is 10.8. The van der Waals surface area contributed by atoms with E-state index in [2.05, 4.69) is 0 Å². The molecule has 0 saturated carbocycles. The highest BCUT2D eigenvalue weighted by atomic mass is 15.1. The van der Waals surface area contributed by atoms with E-state index in [0.29, 0.717) is 0 Å². The summed E-state index contributed by atoms with van der Waals surface area (Å²) >= 11 is 0. The van der Waals surface area contributed by atoms with Crippen LogP contribution in [0.1, 0.15) is 109 Å². The highest BCUT2D eigenvalue weighted by molar-refractivity contribution is 6.05. The van der Waals surface area contributed by atoms with Gasteiger partial charge in [-0.3, -0.25) is 0 Å². The summed E-state index contributed by atoms with van der Waals surface area (Å²) in [5, 5.41) is -2.15. The van der Waals surface area contributed by atoms with E-state index < -0.39 is 366 Å². The van der Waals surface area contributed by atoms with E-state index in [4.69, 9.17) is 31.5 Å². The van der Waals surface area contributed by atoms with Crippen molar-refractivity contribution in [2.75, 3.05) is 4.90 Å². The number of hydrogen-bond acceptors (Lipinski definition) is 1. The molecule has 0 heterocycles. The van der Waals surface area contributed by atoms with E-state index >= 15 is 0 Å². The van der Waals surface area contributed by atoms with E-state index in [1.165, 1.54) is 0 Å². The van der Waals surface area contributed by atoms with Gasteiger partial charge in [0.25, 0.3) is 0 Å². The number of rotatable bonds is 7. The van der Waals surface area contributed by atoms with Gasteiger partial charge in [-0.05, 0) is 131 Å². The number of para-hydroxylation sites is 1. The summed E-state index contributed by atoms with van der Waals surface area (Å²) in [4.78, 5) is 0.0578. The molecule has 2 aliphatic rings. The lowest BCUT2D eigenvalue weighted by Crippen LogP contribution is -2.28. The lowest BCUT2D eigenvalue weighted by Gasteiger charge is -2.34. The molecule has 0 N–H and O–H groups in total. The normalized spacial score (nSPS) is 24.3. The van der Waals surface area contributed by atoms with Crippen LogP contribution in [0, 0.1) is 0 Å². The fourth-order valence-electron chi connectivity index (χ4n) is 7.87. The third-order valence-electron chi connectivity index (χ3n) is 10.5. The molecule has 0 atom stereocenters. The van der Waals surface area contributed by atoms with Crippen molar-refractivity contribution in [3.8, 4) is 44.5 Å². The van der Waals surface area contributed by atoms with Crippen molar-refractivity contribution in [1.29, 1.82) is 0 Å². The Kier molecular flexibility index (Phi) is 3.01. The van der Waals surface area contributed by atoms with Crippen molar-refractivity contribution in [3.63, 3.8) is 0 Å². The van der Waals surface area contributed by atoms with Gasteiger partial charge in [-0.2, -0.15) is 0 Å². The first-order valence-electron chi connectivity index (χ1n) is 40.9. The van der Waals surface area contributed by atoms with E-state index in [0.717, 1.165) is 0 Å². The van der Waals surface area contributed by atoms with Gasteiger partial charge in [-0.1, -0.05) is 207 Å². The topological polar surface area (TPSA) is 3.24 Å². The van der Waals surface area contributed by atoms with Gasteiger partial charge < -0.3 is 4.90 Å². The maximum absolute atomic E-state index is 10.8. The Labute approximate surface area is 433 Å². The molecule has 298 valence electrons. The number of fused-ring (bicyclic) bond motifs is 7. The second-order valence-corrected chi connectivity index (χ2v) is 13.8. The van der Waals surface area contributed by atoms with Crippen LogP contribution in [0.3, 0.4) is 0 Å². The SMILES string of the molecule is [2H]c1c([2H])c([2H])c(N(c2c([2H])c([2H])c(-c3c([2H])c([2H])c4c([2H])c([2H])c([2H])c([2H])c4c3-c3c([2H])c([2H])c4c(c3[2H])C(c3c([2H])c([2H])c([2H])c([2H])c3[2H])(c3c([2H])c([2H])c([2H])c([2H])c3[2H])c3c([2H])c([2H])c([2H])c([2H])c3-4)c([2H])c2[2H])c2c([2H])c([2H])c3c(c2[2H])C(C([2H])([2H])[2H])(C([2H])([2H])[2H])c2c([2H])c([2H])c([2H])c([2H])c2-3)c([2H])c1[2H]. The van der Waals surface area contributed by atoms with Crippen molar-refractivity contribution in [2.24, 2.45) is 0 Å². The smallest absolute Gasteiger partial charge is 0.0713 e. The fraction of sp³-hybridized carbons (Fsp3) is 0.0645. The standard InChI is InChI=1S/C62H45N/c1-61(2)56-28-16-14-26-52(56)54-39-36-49(41-58(54)61)63(47-23-10-5-11-24-47)48-34-30-43(31-35-48)51-37-32-42-18-12-13-25-50(42)60(51)44-33-38-55-53-27-15-17-29-57(53)62(59(55)40-44,45-19-6-3-7-20-45)46-21-8-4-9-22-46/h3-41H,1-2H3/i1D3,2D3,3D,4D,5D,6D,7D,8D,9D,10D,11D,12D,13D,14D,15D,16D,17D,18D,19D,20D,21D,22D,23D,24D,25D,26D,27D,28D,29D,30D,31D,32D,33D,34D,35D,36D,37D,38D,39D,40D,41D. The van der Waals surface area contributed by atoms with Gasteiger partial charge in [0, 0.05) is 30.7 Å². The van der Waals surface area contributed by atoms with Crippen molar-refractivity contribution in [1.82, 2.24) is 0 Å². The molecular weight excluding hydrogens is 759 g/mol. The van der Waals surface area contributed by atoms with Crippen LogP contribution in [0.25, 0.3) is 55.3 Å². The average Bonchev–Trinajstić information content (AvgIpc) is 1.48. The molecular formula is C62H45N. The summed E-state index contributed by atoms with van der Waals surface area (Å²) in [5.41, 5.74) is -28.8. The van der Waals surface area contributed by atoms with Crippen LogP contribution in [0.4, 0.5) is 17.1 Å². The Morgan fingerprint density at radius 3 is 1.59 bits per heavy atom. The molecule has 10 aromatic carbocycles. The van der Waals surface area contributed by atoms with Crippen molar-refractivity contribution in [2.45, 2.75) is 24.5 Å². The fourth-order valence-corrected chi connectivity index (χ4v) is 7.87. The molecule has 0 saturated heterocycles. The molecule has 12 rings (SSSR count). The minimum atomic E-state index is -4.12. The minimum Gasteiger partial charge on any atom is -0.310 e. The third kappa shape index (κ3) is 5.63. The van der Waals surface area contributed by atoms with E-state index in [9.17, 15) is 30.2 Å². The van der Waals surface area contributed by atoms with Crippen LogP contribution in [-0.4, -0.2) is 0 Å². The molecule has 0 fully saturated rings. The second kappa shape index (κ2) is 14.4. The van der Waals surface area contributed by atoms with E-state index in [-0.39, 0.29) is 4.90 Å². The largest absolute Gasteiger partial charge is 0.310 e. The van der Waals surface area contributed by atoms with Crippen molar-refractivity contribution < 1.29 is 61.7 Å². The summed E-state index contributed by atoms with van der Waals surface area (Å²) in [7, 11) is 0. The minimum absolute atomic E-state index is 0.0578. The molecule has 0 amide bonds. The van der Waals surface area contributed by atoms with Gasteiger partial charge in [0.1, 0.15) is 0 Å². The van der Waals surface area contributed by atoms with Crippen LogP contribution in [0.5, 0.6) is 0 Å². The first kappa shape index (κ1) is 13.1. The predicted octanol–water partition coefficient (Wildman–Crippen LogP) is 16.3. The molecule has 0 radical (unpaired) electrons. The summed E-state index contributed by atoms with van der Waals surface area (Å²) < 4.78 is 420. The zero-order chi connectivity index (χ0) is 81.1. The van der Waals surface area contributed by atoms with Crippen LogP contribution in [-0.2, 0) is 10.8 Å². The van der Waals surface area contributed by atoms with Crippen molar-refractivity contribution in [3.05, 3.63) is 269 Å². The van der Waals surface area contributed by atoms with Gasteiger partial charge in [0.05, 0.1) is 58.9 Å². The number of hydrogen-bond donors (Lipinski definition) is 0. The quantitative estimate of drug-likeness (QED) is 0.154. The Hall–Kier alpha value is -7.74. The van der Waals surface area contributed by atoms with E-state index in [1.807, 2.05) is 0 Å².